The van der Waals surface area contributed by atoms with Gasteiger partial charge in [0.2, 0.25) is 0 Å². The van der Waals surface area contributed by atoms with E-state index in [0.717, 1.165) is 18.4 Å². The van der Waals surface area contributed by atoms with Crippen molar-refractivity contribution in [1.29, 1.82) is 0 Å². The Morgan fingerprint density at radius 2 is 2.00 bits per heavy atom. The van der Waals surface area contributed by atoms with E-state index in [1.807, 2.05) is 10.9 Å². The fraction of sp³-hybridized carbons (Fsp3) is 0.360. The van der Waals surface area contributed by atoms with Gasteiger partial charge in [-0.2, -0.15) is 9.61 Å². The fourth-order valence-corrected chi connectivity index (χ4v) is 4.63. The lowest BCUT2D eigenvalue weighted by Gasteiger charge is -2.33. The van der Waals surface area contributed by atoms with E-state index in [2.05, 4.69) is 26.3 Å². The predicted molar refractivity (Wildman–Crippen MR) is 131 cm³/mol. The van der Waals surface area contributed by atoms with Crippen LogP contribution in [0, 0.1) is 19.7 Å². The Bertz CT molecular complexity index is 1510. The normalized spacial score (nSPS) is 18.4. The van der Waals surface area contributed by atoms with Crippen molar-refractivity contribution in [1.82, 2.24) is 24.4 Å². The summed E-state index contributed by atoms with van der Waals surface area (Å²) in [6, 6.07) is 6.77. The summed E-state index contributed by atoms with van der Waals surface area (Å²) in [7, 11) is 0. The van der Waals surface area contributed by atoms with Crippen LogP contribution in [0.2, 0.25) is 5.02 Å². The Morgan fingerprint density at radius 1 is 1.17 bits per heavy atom. The van der Waals surface area contributed by atoms with Gasteiger partial charge >= 0.3 is 0 Å². The van der Waals surface area contributed by atoms with Crippen LogP contribution in [0.15, 0.2) is 41.5 Å². The van der Waals surface area contributed by atoms with Crippen molar-refractivity contribution >= 4 is 23.1 Å². The second-order valence-corrected chi connectivity index (χ2v) is 9.63. The van der Waals surface area contributed by atoms with Crippen molar-refractivity contribution in [3.05, 3.63) is 74.7 Å². The zero-order valence-corrected chi connectivity index (χ0v) is 20.2. The smallest absolute Gasteiger partial charge is 0.277 e. The molecule has 1 aromatic carbocycles. The molecular weight excluding hydrogens is 471 g/mol. The highest BCUT2D eigenvalue weighted by Gasteiger charge is 2.29. The van der Waals surface area contributed by atoms with Crippen LogP contribution in [0.25, 0.3) is 16.8 Å². The van der Waals surface area contributed by atoms with Gasteiger partial charge < -0.3 is 9.64 Å². The molecule has 10 heteroatoms. The molecule has 0 radical (unpaired) electrons. The van der Waals surface area contributed by atoms with Crippen LogP contribution in [0.1, 0.15) is 41.8 Å². The van der Waals surface area contributed by atoms with E-state index in [1.54, 1.807) is 32.0 Å². The van der Waals surface area contributed by atoms with E-state index >= 15 is 4.39 Å². The van der Waals surface area contributed by atoms with E-state index in [-0.39, 0.29) is 11.7 Å². The number of rotatable bonds is 4. The minimum absolute atomic E-state index is 0.181. The quantitative estimate of drug-likeness (QED) is 0.421. The average Bonchev–Trinajstić information content (AvgIpc) is 3.59. The van der Waals surface area contributed by atoms with Crippen molar-refractivity contribution in [3.63, 3.8) is 0 Å². The number of aryl methyl sites for hydroxylation is 1. The average molecular weight is 495 g/mol. The van der Waals surface area contributed by atoms with E-state index in [1.165, 1.54) is 10.6 Å². The monoisotopic (exact) mass is 494 g/mol. The number of aromatic nitrogens is 5. The topological polar surface area (TPSA) is 77.6 Å². The number of hydrogen-bond acceptors (Lipinski definition) is 6. The molecule has 2 aliphatic rings. The standard InChI is InChI=1S/C25H24ClFN6O2/c1-14-15(2)29-24-20(19-6-3-17(26)9-21(19)27)10-23(30-33(24)25(14)34)31-7-8-35-22(13-31)16-11-28-32(12-16)18-4-5-18/h3,6,9-12,18,22H,4-5,7-8,13H2,1-2H3/t22-/m1/s1. The number of hydrogen-bond donors (Lipinski definition) is 0. The fourth-order valence-electron chi connectivity index (χ4n) is 4.47. The van der Waals surface area contributed by atoms with Gasteiger partial charge in [0.1, 0.15) is 11.9 Å². The maximum atomic E-state index is 15.0. The molecule has 1 saturated heterocycles. The van der Waals surface area contributed by atoms with Crippen molar-refractivity contribution in [2.45, 2.75) is 38.8 Å². The van der Waals surface area contributed by atoms with Crippen LogP contribution >= 0.6 is 11.6 Å². The third kappa shape index (κ3) is 3.98. The van der Waals surface area contributed by atoms with E-state index in [0.29, 0.717) is 64.6 Å². The lowest BCUT2D eigenvalue weighted by atomic mass is 10.1. The minimum atomic E-state index is -0.489. The molecule has 1 atom stereocenters. The summed E-state index contributed by atoms with van der Waals surface area (Å²) in [5, 5.41) is 9.43. The molecule has 6 rings (SSSR count). The molecule has 1 aliphatic heterocycles. The zero-order valence-electron chi connectivity index (χ0n) is 19.4. The third-order valence-electron chi connectivity index (χ3n) is 6.77. The number of ether oxygens (including phenoxy) is 1. The van der Waals surface area contributed by atoms with Gasteiger partial charge in [0.05, 0.1) is 25.4 Å². The number of benzene rings is 1. The Balaban J connectivity index is 1.45. The third-order valence-corrected chi connectivity index (χ3v) is 7.01. The van der Waals surface area contributed by atoms with Gasteiger partial charge in [0, 0.05) is 45.7 Å². The van der Waals surface area contributed by atoms with Gasteiger partial charge in [0.25, 0.3) is 5.56 Å². The molecule has 0 spiro atoms. The molecular formula is C25H24ClFN6O2. The summed E-state index contributed by atoms with van der Waals surface area (Å²) < 4.78 is 24.3. The van der Waals surface area contributed by atoms with Gasteiger partial charge in [0.15, 0.2) is 11.5 Å². The summed E-state index contributed by atoms with van der Waals surface area (Å²) in [5.41, 5.74) is 2.91. The number of fused-ring (bicyclic) bond motifs is 1. The second kappa shape index (κ2) is 8.42. The van der Waals surface area contributed by atoms with Crippen LogP contribution < -0.4 is 10.5 Å². The zero-order chi connectivity index (χ0) is 24.3. The highest BCUT2D eigenvalue weighted by atomic mass is 35.5. The van der Waals surface area contributed by atoms with Crippen molar-refractivity contribution in [2.24, 2.45) is 0 Å². The molecule has 1 saturated carbocycles. The van der Waals surface area contributed by atoms with Gasteiger partial charge in [-0.05, 0) is 51.0 Å². The summed E-state index contributed by atoms with van der Waals surface area (Å²) in [5.74, 6) is 0.0632. The number of morpholine rings is 1. The van der Waals surface area contributed by atoms with E-state index in [4.69, 9.17) is 16.3 Å². The first-order chi connectivity index (χ1) is 16.9. The largest absolute Gasteiger partial charge is 0.370 e. The van der Waals surface area contributed by atoms with Crippen LogP contribution in [0.4, 0.5) is 10.2 Å². The number of nitrogens with zero attached hydrogens (tertiary/aromatic N) is 6. The minimum Gasteiger partial charge on any atom is -0.370 e. The first-order valence-electron chi connectivity index (χ1n) is 11.7. The molecule has 0 N–H and O–H groups in total. The first-order valence-corrected chi connectivity index (χ1v) is 12.0. The molecule has 4 aromatic rings. The molecule has 2 fully saturated rings. The van der Waals surface area contributed by atoms with E-state index < -0.39 is 5.82 Å². The number of anilines is 1. The van der Waals surface area contributed by atoms with Gasteiger partial charge in [-0.1, -0.05) is 11.6 Å². The SMILES string of the molecule is Cc1nc2c(-c3ccc(Cl)cc3F)cc(N3CCO[C@@H](c4cnn(C5CC5)c4)C3)nn2c(=O)c1C. The van der Waals surface area contributed by atoms with Crippen molar-refractivity contribution in [3.8, 4) is 11.1 Å². The molecule has 1 aliphatic carbocycles. The Morgan fingerprint density at radius 3 is 2.77 bits per heavy atom. The summed E-state index contributed by atoms with van der Waals surface area (Å²) in [6.45, 7) is 5.09. The predicted octanol–water partition coefficient (Wildman–Crippen LogP) is 4.28. The maximum Gasteiger partial charge on any atom is 0.277 e. The second-order valence-electron chi connectivity index (χ2n) is 9.19. The van der Waals surface area contributed by atoms with E-state index in [9.17, 15) is 4.79 Å². The Labute approximate surface area is 205 Å². The Kier molecular flexibility index (Phi) is 5.34. The summed E-state index contributed by atoms with van der Waals surface area (Å²) >= 11 is 5.99. The number of halogens is 2. The summed E-state index contributed by atoms with van der Waals surface area (Å²) in [6.07, 6.45) is 6.04. The van der Waals surface area contributed by atoms with Crippen LogP contribution in [0.5, 0.6) is 0 Å². The highest BCUT2D eigenvalue weighted by Crippen LogP contribution is 2.36. The Hall–Kier alpha value is -3.30. The van der Waals surface area contributed by atoms with Crippen LogP contribution in [0.3, 0.4) is 0 Å². The van der Waals surface area contributed by atoms with Crippen molar-refractivity contribution < 1.29 is 9.13 Å². The molecule has 180 valence electrons. The lowest BCUT2D eigenvalue weighted by Crippen LogP contribution is -2.39. The van der Waals surface area contributed by atoms with Crippen LogP contribution in [-0.4, -0.2) is 44.1 Å². The summed E-state index contributed by atoms with van der Waals surface area (Å²) in [4.78, 5) is 19.8. The van der Waals surface area contributed by atoms with Crippen molar-refractivity contribution in [2.75, 3.05) is 24.6 Å². The molecule has 0 amide bonds. The van der Waals surface area contributed by atoms with Gasteiger partial charge in [-0.3, -0.25) is 9.48 Å². The lowest BCUT2D eigenvalue weighted by molar-refractivity contribution is 0.0394. The molecule has 0 bridgehead atoms. The van der Waals surface area contributed by atoms with Gasteiger partial charge in [-0.25, -0.2) is 9.37 Å². The molecule has 35 heavy (non-hydrogen) atoms. The van der Waals surface area contributed by atoms with Crippen LogP contribution in [-0.2, 0) is 4.74 Å². The first kappa shape index (κ1) is 22.2. The molecule has 4 heterocycles. The molecule has 0 unspecified atom stereocenters. The van der Waals surface area contributed by atoms with Gasteiger partial charge in [-0.15, -0.1) is 5.10 Å². The molecule has 8 nitrogen and oxygen atoms in total. The molecule has 3 aromatic heterocycles. The highest BCUT2D eigenvalue weighted by molar-refractivity contribution is 6.30. The maximum absolute atomic E-state index is 15.0.